The molecule has 4 nitrogen and oxygen atoms in total. The lowest BCUT2D eigenvalue weighted by atomic mass is 9.98. The summed E-state index contributed by atoms with van der Waals surface area (Å²) in [6.07, 6.45) is 6.15. The number of nitrogens with one attached hydrogen (secondary N) is 1. The van der Waals surface area contributed by atoms with Gasteiger partial charge in [-0.05, 0) is 18.8 Å². The van der Waals surface area contributed by atoms with Crippen molar-refractivity contribution in [3.05, 3.63) is 18.2 Å². The summed E-state index contributed by atoms with van der Waals surface area (Å²) in [5, 5.41) is 3.63. The molecular formula is C13H23N3O. The predicted octanol–water partition coefficient (Wildman–Crippen LogP) is 1.81. The lowest BCUT2D eigenvalue weighted by Crippen LogP contribution is -2.41. The van der Waals surface area contributed by atoms with Gasteiger partial charge in [-0.1, -0.05) is 13.8 Å². The molecule has 2 unspecified atom stereocenters. The fourth-order valence-corrected chi connectivity index (χ4v) is 2.36. The van der Waals surface area contributed by atoms with Crippen LogP contribution in [0.15, 0.2) is 12.5 Å². The summed E-state index contributed by atoms with van der Waals surface area (Å²) >= 11 is 0. The Labute approximate surface area is 103 Å². The summed E-state index contributed by atoms with van der Waals surface area (Å²) in [6.45, 7) is 8.18. The van der Waals surface area contributed by atoms with Crippen LogP contribution in [0.25, 0.3) is 0 Å². The highest BCUT2D eigenvalue weighted by atomic mass is 16.5. The van der Waals surface area contributed by atoms with E-state index in [1.807, 2.05) is 12.5 Å². The monoisotopic (exact) mass is 237 g/mol. The highest BCUT2D eigenvalue weighted by molar-refractivity contribution is 4.98. The summed E-state index contributed by atoms with van der Waals surface area (Å²) < 4.78 is 7.69. The molecule has 0 amide bonds. The highest BCUT2D eigenvalue weighted by Gasteiger charge is 2.21. The van der Waals surface area contributed by atoms with Crippen molar-refractivity contribution in [1.82, 2.24) is 14.9 Å². The zero-order valence-corrected chi connectivity index (χ0v) is 10.9. The molecule has 2 rings (SSSR count). The number of rotatable bonds is 5. The molecule has 1 aliphatic heterocycles. The number of nitrogens with zero attached hydrogens (tertiary/aromatic N) is 2. The molecule has 1 aliphatic rings. The van der Waals surface area contributed by atoms with Crippen molar-refractivity contribution < 1.29 is 4.74 Å². The molecule has 1 N–H and O–H groups in total. The molecule has 2 atom stereocenters. The van der Waals surface area contributed by atoms with Gasteiger partial charge in [0.15, 0.2) is 0 Å². The first-order valence-electron chi connectivity index (χ1n) is 6.61. The number of aryl methyl sites for hydroxylation is 1. The smallest absolute Gasteiger partial charge is 0.0948 e. The van der Waals surface area contributed by atoms with E-state index in [4.69, 9.17) is 4.74 Å². The van der Waals surface area contributed by atoms with E-state index in [9.17, 15) is 0 Å². The minimum atomic E-state index is 0.578. The second-order valence-corrected chi connectivity index (χ2v) is 4.91. The third kappa shape index (κ3) is 3.30. The molecule has 0 radical (unpaired) electrons. The van der Waals surface area contributed by atoms with Crippen LogP contribution in [-0.2, 0) is 17.8 Å². The molecule has 0 saturated carbocycles. The van der Waals surface area contributed by atoms with E-state index in [0.717, 1.165) is 39.1 Å². The number of ether oxygens (including phenoxy) is 1. The Kier molecular flexibility index (Phi) is 4.57. The van der Waals surface area contributed by atoms with Gasteiger partial charge < -0.3 is 14.6 Å². The zero-order chi connectivity index (χ0) is 12.1. The van der Waals surface area contributed by atoms with E-state index in [0.29, 0.717) is 12.0 Å². The molecule has 0 bridgehead atoms. The molecule has 96 valence electrons. The minimum absolute atomic E-state index is 0.578. The molecule has 0 aromatic carbocycles. The van der Waals surface area contributed by atoms with Crippen LogP contribution in [0.1, 0.15) is 32.4 Å². The number of hydrogen-bond acceptors (Lipinski definition) is 3. The summed E-state index contributed by atoms with van der Waals surface area (Å²) in [5.74, 6) is 0.603. The SMILES string of the molecule is CCCn1cncc1CNC1CCOCC1C. The van der Waals surface area contributed by atoms with Crippen molar-refractivity contribution in [1.29, 1.82) is 0 Å². The van der Waals surface area contributed by atoms with Crippen LogP contribution >= 0.6 is 0 Å². The van der Waals surface area contributed by atoms with Crippen molar-refractivity contribution in [2.24, 2.45) is 5.92 Å². The third-order valence-electron chi connectivity index (χ3n) is 3.45. The van der Waals surface area contributed by atoms with Gasteiger partial charge in [-0.2, -0.15) is 0 Å². The summed E-state index contributed by atoms with van der Waals surface area (Å²) in [5.41, 5.74) is 1.28. The Balaban J connectivity index is 1.86. The molecule has 17 heavy (non-hydrogen) atoms. The standard InChI is InChI=1S/C13H23N3O/c1-3-5-16-10-14-7-12(16)8-15-13-4-6-17-9-11(13)2/h7,10-11,13,15H,3-6,8-9H2,1-2H3. The molecule has 1 saturated heterocycles. The topological polar surface area (TPSA) is 39.1 Å². The maximum Gasteiger partial charge on any atom is 0.0948 e. The summed E-state index contributed by atoms with van der Waals surface area (Å²) in [7, 11) is 0. The van der Waals surface area contributed by atoms with E-state index >= 15 is 0 Å². The number of aromatic nitrogens is 2. The van der Waals surface area contributed by atoms with Gasteiger partial charge >= 0.3 is 0 Å². The molecular weight excluding hydrogens is 214 g/mol. The first-order chi connectivity index (χ1) is 8.31. The van der Waals surface area contributed by atoms with Gasteiger partial charge in [0.1, 0.15) is 0 Å². The van der Waals surface area contributed by atoms with Crippen molar-refractivity contribution in [2.45, 2.75) is 45.8 Å². The van der Waals surface area contributed by atoms with E-state index in [2.05, 4.69) is 28.7 Å². The second-order valence-electron chi connectivity index (χ2n) is 4.91. The normalized spacial score (nSPS) is 25.1. The Morgan fingerprint density at radius 1 is 1.59 bits per heavy atom. The van der Waals surface area contributed by atoms with Gasteiger partial charge in [0.2, 0.25) is 0 Å². The van der Waals surface area contributed by atoms with Crippen LogP contribution in [0.2, 0.25) is 0 Å². The van der Waals surface area contributed by atoms with Gasteiger partial charge in [0.05, 0.1) is 18.6 Å². The molecule has 4 heteroatoms. The lowest BCUT2D eigenvalue weighted by Gasteiger charge is -2.29. The van der Waals surface area contributed by atoms with Crippen molar-refractivity contribution >= 4 is 0 Å². The quantitative estimate of drug-likeness (QED) is 0.849. The van der Waals surface area contributed by atoms with E-state index in [1.54, 1.807) is 0 Å². The highest BCUT2D eigenvalue weighted by Crippen LogP contribution is 2.14. The lowest BCUT2D eigenvalue weighted by molar-refractivity contribution is 0.0385. The van der Waals surface area contributed by atoms with Crippen molar-refractivity contribution in [3.63, 3.8) is 0 Å². The van der Waals surface area contributed by atoms with Gasteiger partial charge in [-0.25, -0.2) is 4.98 Å². The summed E-state index contributed by atoms with van der Waals surface area (Å²) in [6, 6.07) is 0.578. The average Bonchev–Trinajstić information content (AvgIpc) is 2.76. The molecule has 0 spiro atoms. The molecule has 2 heterocycles. The Bertz CT molecular complexity index is 337. The number of hydrogen-bond donors (Lipinski definition) is 1. The number of imidazole rings is 1. The van der Waals surface area contributed by atoms with E-state index < -0.39 is 0 Å². The maximum atomic E-state index is 5.45. The van der Waals surface area contributed by atoms with Crippen LogP contribution in [-0.4, -0.2) is 28.8 Å². The predicted molar refractivity (Wildman–Crippen MR) is 67.7 cm³/mol. The van der Waals surface area contributed by atoms with Crippen LogP contribution in [0.5, 0.6) is 0 Å². The van der Waals surface area contributed by atoms with E-state index in [1.165, 1.54) is 5.69 Å². The second kappa shape index (κ2) is 6.17. The van der Waals surface area contributed by atoms with Crippen molar-refractivity contribution in [2.75, 3.05) is 13.2 Å². The zero-order valence-electron chi connectivity index (χ0n) is 10.9. The molecule has 0 aliphatic carbocycles. The van der Waals surface area contributed by atoms with Gasteiger partial charge in [0.25, 0.3) is 0 Å². The third-order valence-corrected chi connectivity index (χ3v) is 3.45. The first kappa shape index (κ1) is 12.6. The van der Waals surface area contributed by atoms with Crippen LogP contribution in [0.4, 0.5) is 0 Å². The fourth-order valence-electron chi connectivity index (χ4n) is 2.36. The molecule has 1 aromatic heterocycles. The first-order valence-corrected chi connectivity index (χ1v) is 6.61. The van der Waals surface area contributed by atoms with Crippen LogP contribution in [0.3, 0.4) is 0 Å². The Morgan fingerprint density at radius 3 is 3.24 bits per heavy atom. The van der Waals surface area contributed by atoms with Crippen LogP contribution in [0, 0.1) is 5.92 Å². The van der Waals surface area contributed by atoms with Crippen LogP contribution < -0.4 is 5.32 Å². The molecule has 1 fully saturated rings. The molecule has 1 aromatic rings. The van der Waals surface area contributed by atoms with E-state index in [-0.39, 0.29) is 0 Å². The fraction of sp³-hybridized carbons (Fsp3) is 0.769. The Hall–Kier alpha value is -0.870. The minimum Gasteiger partial charge on any atom is -0.381 e. The van der Waals surface area contributed by atoms with Gasteiger partial charge in [-0.3, -0.25) is 0 Å². The van der Waals surface area contributed by atoms with Crippen molar-refractivity contribution in [3.8, 4) is 0 Å². The Morgan fingerprint density at radius 2 is 2.47 bits per heavy atom. The summed E-state index contributed by atoms with van der Waals surface area (Å²) in [4.78, 5) is 4.22. The maximum absolute atomic E-state index is 5.45. The van der Waals surface area contributed by atoms with Gasteiger partial charge in [0, 0.05) is 31.9 Å². The largest absolute Gasteiger partial charge is 0.381 e. The van der Waals surface area contributed by atoms with Gasteiger partial charge in [-0.15, -0.1) is 0 Å². The average molecular weight is 237 g/mol.